The van der Waals surface area contributed by atoms with E-state index in [9.17, 15) is 24.0 Å². The Hall–Kier alpha value is 4.32. The number of halogens is 1. The van der Waals surface area contributed by atoms with Crippen LogP contribution in [0.15, 0.2) is 0 Å². The molecule has 0 aliphatic rings. The second-order valence-corrected chi connectivity index (χ2v) is 4.44. The van der Waals surface area contributed by atoms with Crippen LogP contribution in [0.1, 0.15) is 169 Å². The average Bonchev–Trinajstić information content (AvgIpc) is 2.88. The minimum absolute atomic E-state index is 0. The Balaban J connectivity index is -0.00000000457. The van der Waals surface area contributed by atoms with Gasteiger partial charge in [0.2, 0.25) is 5.91 Å². The summed E-state index contributed by atoms with van der Waals surface area (Å²) in [7, 11) is 1.60. The van der Waals surface area contributed by atoms with E-state index in [1.54, 1.807) is 48.6 Å². The zero-order valence-electron chi connectivity index (χ0n) is 35.7. The zero-order valence-corrected chi connectivity index (χ0v) is 52.2. The molecule has 333 valence electrons. The van der Waals surface area contributed by atoms with Gasteiger partial charge in [-0.2, -0.15) is 41.5 Å². The van der Waals surface area contributed by atoms with Gasteiger partial charge >= 0.3 is 0 Å². The van der Waals surface area contributed by atoms with Crippen molar-refractivity contribution in [2.75, 3.05) is 7.05 Å². The van der Waals surface area contributed by atoms with E-state index in [0.717, 1.165) is 0 Å². The third kappa shape index (κ3) is 3870. The van der Waals surface area contributed by atoms with Crippen LogP contribution >= 0.6 is 24.0 Å². The van der Waals surface area contributed by atoms with E-state index in [4.69, 9.17) is 0 Å². The van der Waals surface area contributed by atoms with Gasteiger partial charge in [0, 0.05) is 178 Å². The number of carbonyl (C=O) groups excluding carboxylic acids is 5. The number of ketones is 4. The molecule has 0 heterocycles. The van der Waals surface area contributed by atoms with Gasteiger partial charge < -0.3 is 92.5 Å². The predicted octanol–water partition coefficient (Wildman–Crippen LogP) is 13.8. The molecule has 0 rings (SSSR count). The second-order valence-electron chi connectivity index (χ2n) is 4.44. The fourth-order valence-corrected chi connectivity index (χ4v) is 0. The van der Waals surface area contributed by atoms with Crippen LogP contribution in [-0.4, -0.2) is 41.6 Å². The van der Waals surface area contributed by atoms with Crippen molar-refractivity contribution < 1.29 is 193 Å². The Morgan fingerprint density at radius 3 is 0.385 bits per heavy atom. The van der Waals surface area contributed by atoms with Gasteiger partial charge in [-0.15, -0.1) is 24.0 Å². The van der Waals surface area contributed by atoms with Crippen molar-refractivity contribution in [3.63, 3.8) is 0 Å². The first-order chi connectivity index (χ1) is 17.2. The van der Waals surface area contributed by atoms with E-state index in [2.05, 4.69) is 46.9 Å². The van der Waals surface area contributed by atoms with Crippen molar-refractivity contribution >= 4 is 53.0 Å². The molecule has 5 radical (unpaired) electrons. The number of amides is 1. The Labute approximate surface area is 481 Å². The molecule has 0 saturated heterocycles. The average molecular weight is 1260 g/mol. The van der Waals surface area contributed by atoms with Crippen molar-refractivity contribution in [3.05, 3.63) is 62.5 Å². The maximum Gasteiger partial charge on any atom is 0.216 e. The van der Waals surface area contributed by atoms with Crippen molar-refractivity contribution in [2.45, 2.75) is 169 Å². The van der Waals surface area contributed by atoms with Gasteiger partial charge in [-0.3, -0.25) is 4.79 Å². The summed E-state index contributed by atoms with van der Waals surface area (Å²) in [5.74, 6) is 0.671. The van der Waals surface area contributed by atoms with Crippen LogP contribution in [0, 0.1) is 56.4 Å². The van der Waals surface area contributed by atoms with E-state index in [-0.39, 0.29) is 280 Å². The summed E-state index contributed by atoms with van der Waals surface area (Å²) in [4.78, 5) is 47.5. The van der Waals surface area contributed by atoms with E-state index >= 15 is 0 Å². The third-order valence-electron chi connectivity index (χ3n) is 0.352. The van der Waals surface area contributed by atoms with Crippen LogP contribution in [0.3, 0.4) is 0 Å². The van der Waals surface area contributed by atoms with E-state index in [1.807, 2.05) is 27.7 Å². The van der Waals surface area contributed by atoms with Gasteiger partial charge in [0.05, 0.1) is 0 Å². The number of hydrogen-bond acceptors (Lipinski definition) is 5. The van der Waals surface area contributed by atoms with Crippen molar-refractivity contribution in [1.29, 1.82) is 0 Å². The molecule has 0 fully saturated rings. The van der Waals surface area contributed by atoms with Crippen LogP contribution in [-0.2, 0) is 188 Å². The van der Waals surface area contributed by atoms with Crippen molar-refractivity contribution in [2.24, 2.45) is 0 Å². The van der Waals surface area contributed by atoms with Crippen LogP contribution in [0.25, 0.3) is 6.15 Å². The Morgan fingerprint density at radius 2 is 0.385 bits per heavy atom. The summed E-state index contributed by atoms with van der Waals surface area (Å²) in [6, 6.07) is 0. The number of Topliss-reactive ketones (excluding diaryl/α,β-unsaturated/α-hetero) is 4. The fraction of sp³-hybridized carbons (Fsp3) is 0.658. The minimum atomic E-state index is 0. The Bertz CT molecular complexity index is 291. The fourth-order valence-electron chi connectivity index (χ4n) is 0. The Kier molecular flexibility index (Phi) is 1630. The van der Waals surface area contributed by atoms with Gasteiger partial charge in [-0.05, 0) is 55.4 Å². The van der Waals surface area contributed by atoms with Crippen molar-refractivity contribution in [3.8, 4) is 0 Å². The topological polar surface area (TPSA) is 162 Å². The molecule has 5 N–H and O–H groups in total. The maximum absolute atomic E-state index is 9.70. The summed E-state index contributed by atoms with van der Waals surface area (Å²) in [6.45, 7) is 51.7. The molecule has 0 unspecified atom stereocenters. The number of hydrogen-bond donors (Lipinski definition) is 1. The van der Waals surface area contributed by atoms with Gasteiger partial charge in [-0.25, -0.2) is 0 Å². The summed E-state index contributed by atoms with van der Waals surface area (Å²) in [6.07, 6.45) is 0. The minimum Gasteiger partial charge on any atom is -0.693 e. The molecule has 0 bridgehead atoms. The molecule has 0 atom stereocenters. The van der Waals surface area contributed by atoms with E-state index < -0.39 is 0 Å². The first-order valence-corrected chi connectivity index (χ1v) is 12.5. The number of nitrogens with two attached hydrogens (primary N) is 1. The Morgan fingerprint density at radius 1 is 0.365 bits per heavy atom. The molecule has 0 aromatic heterocycles. The second kappa shape index (κ2) is 395. The van der Waals surface area contributed by atoms with Crippen LogP contribution in [0.2, 0.25) is 0 Å². The smallest absolute Gasteiger partial charge is 0.216 e. The van der Waals surface area contributed by atoms with Gasteiger partial charge in [-0.1, -0.05) is 64.8 Å². The predicted molar refractivity (Wildman–Crippen MR) is 245 cm³/mol. The monoisotopic (exact) mass is 1260 g/mol. The van der Waals surface area contributed by atoms with Gasteiger partial charge in [0.1, 0.15) is 23.1 Å². The first-order valence-electron chi connectivity index (χ1n) is 12.5. The molecule has 0 aliphatic heterocycles. The largest absolute Gasteiger partial charge is 0.693 e. The molecule has 14 heteroatoms. The molecule has 0 saturated carbocycles. The summed E-state index contributed by atoms with van der Waals surface area (Å²) in [5, 5.41) is 2.39. The molecule has 0 aromatic carbocycles. The standard InChI is InChI=1S/C3H7NO.4C3H6O.2C2H6.6C2H5.5CH4.2CH3.HI.H2N.H2O.5Y/c1-3(5)4-2;4*1-3(2)4;8*1-2;;;;;;;;;;;;;;;/h1-2H3,(H,4,5);4*1-2H3;2*1-2H3;6*1H2,2H3;5*1H4;2*1H3;1H;2*1H2;;;;;/q;;;;;;;6*-1;;;;;;2*-1;;-1;;;;;;. The summed E-state index contributed by atoms with van der Waals surface area (Å²) >= 11 is 0. The third-order valence-corrected chi connectivity index (χ3v) is 0.352. The first kappa shape index (κ1) is 215. The van der Waals surface area contributed by atoms with E-state index in [1.165, 1.54) is 62.3 Å². The molecule has 1 amide bonds. The van der Waals surface area contributed by atoms with Gasteiger partial charge in [0.25, 0.3) is 0 Å². The number of rotatable bonds is 0. The SMILES string of the molecule is C.C.C.C.C.CC.CC.CC(C)=O.CC(C)=O.CC(C)=O.CC(C)=O.CNC(C)=O.I.O.[CH2-]C.[CH2-]C.[CH2-]C.[CH2-]C.[CH2-]C.[CH2-]C.[CH3-].[CH3-].[NH2-].[Y].[Y].[Y].[Y].[Y]. The molecule has 0 spiro atoms. The number of nitrogens with one attached hydrogen (secondary N) is 1. The van der Waals surface area contributed by atoms with Crippen LogP contribution < -0.4 is 5.32 Å². The van der Waals surface area contributed by atoms with Crippen LogP contribution in [0.5, 0.6) is 0 Å². The molecule has 8 nitrogen and oxygen atoms in total. The van der Waals surface area contributed by atoms with E-state index in [0.29, 0.717) is 0 Å². The maximum atomic E-state index is 9.70. The quantitative estimate of drug-likeness (QED) is 0.188. The molecule has 0 aromatic rings. The van der Waals surface area contributed by atoms with Crippen LogP contribution in [0.4, 0.5) is 0 Å². The normalized spacial score (nSPS) is 3.58. The number of carbonyl (C=O) groups is 5. The van der Waals surface area contributed by atoms with Gasteiger partial charge in [0.15, 0.2) is 0 Å². The molecule has 0 aliphatic carbocycles. The zero-order chi connectivity index (χ0) is 34.6. The summed E-state index contributed by atoms with van der Waals surface area (Å²) in [5.41, 5.74) is 0. The summed E-state index contributed by atoms with van der Waals surface area (Å²) < 4.78 is 0. The molecule has 52 heavy (non-hydrogen) atoms. The van der Waals surface area contributed by atoms with Crippen molar-refractivity contribution in [1.82, 2.24) is 5.32 Å². The molecular formula is C38H104IN2O6Y5-9. The molecular weight excluding hydrogens is 1150 g/mol.